The molecular weight excluding hydrogens is 254 g/mol. The summed E-state index contributed by atoms with van der Waals surface area (Å²) >= 11 is 1.43. The summed E-state index contributed by atoms with van der Waals surface area (Å²) in [4.78, 5) is 5.03. The van der Waals surface area contributed by atoms with E-state index in [1.807, 2.05) is 0 Å². The first-order valence-corrected chi connectivity index (χ1v) is 6.53. The molecule has 0 saturated heterocycles. The van der Waals surface area contributed by atoms with Crippen LogP contribution in [0.2, 0.25) is 0 Å². The fourth-order valence-corrected chi connectivity index (χ4v) is 2.25. The molecule has 2 nitrogen and oxygen atoms in total. The second kappa shape index (κ2) is 5.44. The van der Waals surface area contributed by atoms with Crippen molar-refractivity contribution < 1.29 is 8.78 Å². The highest BCUT2D eigenvalue weighted by atomic mass is 32.1. The Kier molecular flexibility index (Phi) is 3.91. The number of benzene rings is 1. The Morgan fingerprint density at radius 2 is 2.06 bits per heavy atom. The molecule has 0 saturated carbocycles. The minimum atomic E-state index is -0.836. The third-order valence-electron chi connectivity index (χ3n) is 2.37. The van der Waals surface area contributed by atoms with Crippen molar-refractivity contribution in [3.8, 4) is 10.4 Å². The van der Waals surface area contributed by atoms with Crippen LogP contribution in [0.1, 0.15) is 13.8 Å². The smallest absolute Gasteiger partial charge is 0.183 e. The average molecular weight is 268 g/mol. The van der Waals surface area contributed by atoms with Gasteiger partial charge >= 0.3 is 0 Å². The molecule has 1 aromatic heterocycles. The van der Waals surface area contributed by atoms with Gasteiger partial charge in [0.05, 0.1) is 4.88 Å². The molecule has 2 aromatic rings. The molecule has 1 heterocycles. The normalized spacial score (nSPS) is 10.9. The Morgan fingerprint density at radius 1 is 1.28 bits per heavy atom. The van der Waals surface area contributed by atoms with Crippen molar-refractivity contribution in [2.24, 2.45) is 5.92 Å². The van der Waals surface area contributed by atoms with Crippen LogP contribution in [-0.4, -0.2) is 11.5 Å². The highest BCUT2D eigenvalue weighted by Crippen LogP contribution is 2.29. The highest BCUT2D eigenvalue weighted by molar-refractivity contribution is 7.18. The van der Waals surface area contributed by atoms with Crippen molar-refractivity contribution in [3.05, 3.63) is 36.0 Å². The van der Waals surface area contributed by atoms with Crippen LogP contribution < -0.4 is 5.32 Å². The van der Waals surface area contributed by atoms with Gasteiger partial charge < -0.3 is 5.32 Å². The number of nitrogens with one attached hydrogen (secondary N) is 1. The summed E-state index contributed by atoms with van der Waals surface area (Å²) in [5.41, 5.74) is 0.643. The van der Waals surface area contributed by atoms with E-state index >= 15 is 0 Å². The van der Waals surface area contributed by atoms with Crippen molar-refractivity contribution in [1.82, 2.24) is 4.98 Å². The predicted molar refractivity (Wildman–Crippen MR) is 70.8 cm³/mol. The SMILES string of the molecule is CC(C)CNc1ncc(-c2ccc(F)c(F)c2)s1. The van der Waals surface area contributed by atoms with E-state index in [1.54, 1.807) is 12.3 Å². The largest absolute Gasteiger partial charge is 0.361 e. The molecule has 0 aliphatic heterocycles. The number of halogens is 2. The maximum atomic E-state index is 13.1. The number of thiazole rings is 1. The van der Waals surface area contributed by atoms with Gasteiger partial charge in [-0.15, -0.1) is 0 Å². The van der Waals surface area contributed by atoms with Gasteiger partial charge in [0.15, 0.2) is 16.8 Å². The van der Waals surface area contributed by atoms with Crippen LogP contribution in [0.5, 0.6) is 0 Å². The Bertz CT molecular complexity index is 538. The number of aromatic nitrogens is 1. The molecule has 0 fully saturated rings. The van der Waals surface area contributed by atoms with Gasteiger partial charge in [-0.25, -0.2) is 13.8 Å². The van der Waals surface area contributed by atoms with Gasteiger partial charge in [-0.1, -0.05) is 31.3 Å². The monoisotopic (exact) mass is 268 g/mol. The maximum Gasteiger partial charge on any atom is 0.183 e. The van der Waals surface area contributed by atoms with Crippen molar-refractivity contribution in [3.63, 3.8) is 0 Å². The lowest BCUT2D eigenvalue weighted by Gasteiger charge is -2.04. The second-order valence-electron chi connectivity index (χ2n) is 4.43. The van der Waals surface area contributed by atoms with Crippen LogP contribution >= 0.6 is 11.3 Å². The number of hydrogen-bond donors (Lipinski definition) is 1. The number of anilines is 1. The van der Waals surface area contributed by atoms with Crippen LogP contribution in [0.3, 0.4) is 0 Å². The van der Waals surface area contributed by atoms with Gasteiger partial charge in [-0.2, -0.15) is 0 Å². The summed E-state index contributed by atoms with van der Waals surface area (Å²) < 4.78 is 25.9. The molecule has 2 rings (SSSR count). The molecule has 0 aliphatic rings. The number of rotatable bonds is 4. The van der Waals surface area contributed by atoms with Crippen molar-refractivity contribution in [2.45, 2.75) is 13.8 Å². The third kappa shape index (κ3) is 3.04. The molecule has 0 aliphatic carbocycles. The van der Waals surface area contributed by atoms with Crippen LogP contribution in [0.25, 0.3) is 10.4 Å². The van der Waals surface area contributed by atoms with Crippen molar-refractivity contribution in [2.75, 3.05) is 11.9 Å². The second-order valence-corrected chi connectivity index (χ2v) is 5.46. The van der Waals surface area contributed by atoms with Crippen molar-refractivity contribution >= 4 is 16.5 Å². The Morgan fingerprint density at radius 3 is 2.72 bits per heavy atom. The molecule has 0 radical (unpaired) electrons. The van der Waals surface area contributed by atoms with Gasteiger partial charge in [-0.05, 0) is 23.6 Å². The summed E-state index contributed by atoms with van der Waals surface area (Å²) in [6.45, 7) is 5.05. The van der Waals surface area contributed by atoms with Crippen LogP contribution in [-0.2, 0) is 0 Å². The van der Waals surface area contributed by atoms with E-state index in [9.17, 15) is 8.78 Å². The molecule has 96 valence electrons. The third-order valence-corrected chi connectivity index (χ3v) is 3.38. The zero-order chi connectivity index (χ0) is 13.1. The first kappa shape index (κ1) is 13.0. The van der Waals surface area contributed by atoms with Gasteiger partial charge in [-0.3, -0.25) is 0 Å². The topological polar surface area (TPSA) is 24.9 Å². The van der Waals surface area contributed by atoms with E-state index in [0.29, 0.717) is 11.5 Å². The molecule has 0 spiro atoms. The fourth-order valence-electron chi connectivity index (χ4n) is 1.43. The minimum Gasteiger partial charge on any atom is -0.361 e. The molecule has 1 aromatic carbocycles. The average Bonchev–Trinajstić information content (AvgIpc) is 2.79. The Hall–Kier alpha value is -1.49. The van der Waals surface area contributed by atoms with Gasteiger partial charge in [0, 0.05) is 12.7 Å². The van der Waals surface area contributed by atoms with E-state index in [0.717, 1.165) is 22.6 Å². The van der Waals surface area contributed by atoms with Crippen LogP contribution in [0.15, 0.2) is 24.4 Å². The maximum absolute atomic E-state index is 13.1. The summed E-state index contributed by atoms with van der Waals surface area (Å²) in [5.74, 6) is -1.14. The summed E-state index contributed by atoms with van der Waals surface area (Å²) in [7, 11) is 0. The summed E-state index contributed by atoms with van der Waals surface area (Å²) in [5, 5.41) is 3.99. The molecule has 1 N–H and O–H groups in total. The zero-order valence-electron chi connectivity index (χ0n) is 10.2. The highest BCUT2D eigenvalue weighted by Gasteiger charge is 2.08. The van der Waals surface area contributed by atoms with E-state index in [-0.39, 0.29) is 0 Å². The van der Waals surface area contributed by atoms with Crippen LogP contribution in [0.4, 0.5) is 13.9 Å². The molecule has 18 heavy (non-hydrogen) atoms. The molecule has 0 atom stereocenters. The van der Waals surface area contributed by atoms with E-state index in [2.05, 4.69) is 24.1 Å². The number of hydrogen-bond acceptors (Lipinski definition) is 3. The van der Waals surface area contributed by atoms with Gasteiger partial charge in [0.25, 0.3) is 0 Å². The predicted octanol–water partition coefficient (Wildman–Crippen LogP) is 4.16. The Labute approximate surface area is 109 Å². The number of nitrogens with zero attached hydrogens (tertiary/aromatic N) is 1. The molecular formula is C13H14F2N2S. The van der Waals surface area contributed by atoms with Gasteiger partial charge in [0.1, 0.15) is 0 Å². The van der Waals surface area contributed by atoms with E-state index in [1.165, 1.54) is 17.4 Å². The zero-order valence-corrected chi connectivity index (χ0v) is 11.0. The summed E-state index contributed by atoms with van der Waals surface area (Å²) in [6, 6.07) is 3.87. The lowest BCUT2D eigenvalue weighted by atomic mass is 10.2. The standard InChI is InChI=1S/C13H14F2N2S/c1-8(2)6-16-13-17-7-12(18-13)9-3-4-10(14)11(15)5-9/h3-5,7-8H,6H2,1-2H3,(H,16,17). The fraction of sp³-hybridized carbons (Fsp3) is 0.308. The molecule has 0 unspecified atom stereocenters. The first-order chi connectivity index (χ1) is 8.56. The molecule has 5 heteroatoms. The molecule has 0 bridgehead atoms. The Balaban J connectivity index is 2.16. The lowest BCUT2D eigenvalue weighted by molar-refractivity contribution is 0.509. The van der Waals surface area contributed by atoms with Gasteiger partial charge in [0.2, 0.25) is 0 Å². The quantitative estimate of drug-likeness (QED) is 0.900. The van der Waals surface area contributed by atoms with E-state index in [4.69, 9.17) is 0 Å². The first-order valence-electron chi connectivity index (χ1n) is 5.71. The van der Waals surface area contributed by atoms with Crippen molar-refractivity contribution in [1.29, 1.82) is 0 Å². The van der Waals surface area contributed by atoms with Crippen LogP contribution in [0, 0.1) is 17.6 Å². The lowest BCUT2D eigenvalue weighted by Crippen LogP contribution is -2.07. The minimum absolute atomic E-state index is 0.528. The summed E-state index contributed by atoms with van der Waals surface area (Å²) in [6.07, 6.45) is 1.67. The van der Waals surface area contributed by atoms with E-state index < -0.39 is 11.6 Å². The molecule has 0 amide bonds.